The van der Waals surface area contributed by atoms with E-state index in [-0.39, 0.29) is 17.0 Å². The fourth-order valence-electron chi connectivity index (χ4n) is 2.04. The average molecular weight is 252 g/mol. The zero-order valence-electron chi connectivity index (χ0n) is 10.0. The Labute approximate surface area is 105 Å². The lowest BCUT2D eigenvalue weighted by Gasteiger charge is -2.15. The molecule has 1 saturated heterocycles. The van der Waals surface area contributed by atoms with Crippen molar-refractivity contribution in [2.24, 2.45) is 7.05 Å². The molecule has 5 heteroatoms. The van der Waals surface area contributed by atoms with Gasteiger partial charge < -0.3 is 9.47 Å². The van der Waals surface area contributed by atoms with Gasteiger partial charge in [-0.15, -0.1) is 0 Å². The predicted octanol–water partition coefficient (Wildman–Crippen LogP) is 0.963. The van der Waals surface area contributed by atoms with Crippen molar-refractivity contribution in [2.75, 3.05) is 19.3 Å². The number of carbonyl (C=O) groups excluding carboxylic acids is 1. The first-order valence-corrected chi connectivity index (χ1v) is 6.90. The highest BCUT2D eigenvalue weighted by atomic mass is 32.2. The summed E-state index contributed by atoms with van der Waals surface area (Å²) in [5, 5.41) is 0.506. The smallest absolute Gasteiger partial charge is 0.263 e. The van der Waals surface area contributed by atoms with Crippen LogP contribution in [0.25, 0.3) is 0 Å². The maximum Gasteiger partial charge on any atom is 0.263 e. The van der Waals surface area contributed by atoms with Crippen molar-refractivity contribution in [2.45, 2.75) is 11.7 Å². The topological polar surface area (TPSA) is 42.3 Å². The lowest BCUT2D eigenvalue weighted by atomic mass is 10.2. The van der Waals surface area contributed by atoms with Crippen LogP contribution < -0.4 is 5.56 Å². The molecule has 4 nitrogen and oxygen atoms in total. The van der Waals surface area contributed by atoms with Crippen LogP contribution in [0, 0.1) is 0 Å². The minimum Gasteiger partial charge on any atom is -0.337 e. The van der Waals surface area contributed by atoms with Gasteiger partial charge in [-0.1, -0.05) is 0 Å². The van der Waals surface area contributed by atoms with Gasteiger partial charge in [0.05, 0.1) is 0 Å². The standard InChI is InChI=1S/C12H16N2O2S/c1-13-6-3-4-10(11(13)15)12(16)14-7-5-9(8-14)17-2/h3-4,6,9H,5,7-8H2,1-2H3. The fourth-order valence-corrected chi connectivity index (χ4v) is 2.71. The van der Waals surface area contributed by atoms with Crippen LogP contribution in [0.5, 0.6) is 0 Å². The number of hydrogen-bond donors (Lipinski definition) is 0. The molecule has 0 spiro atoms. The Morgan fingerprint density at radius 2 is 2.29 bits per heavy atom. The van der Waals surface area contributed by atoms with Gasteiger partial charge in [-0.2, -0.15) is 11.8 Å². The first-order valence-electron chi connectivity index (χ1n) is 5.61. The normalized spacial score (nSPS) is 19.6. The highest BCUT2D eigenvalue weighted by Gasteiger charge is 2.27. The molecule has 0 N–H and O–H groups in total. The summed E-state index contributed by atoms with van der Waals surface area (Å²) in [4.78, 5) is 25.8. The highest BCUT2D eigenvalue weighted by Crippen LogP contribution is 2.21. The minimum atomic E-state index is -0.217. The Balaban J connectivity index is 2.21. The molecule has 1 aromatic heterocycles. The van der Waals surface area contributed by atoms with Gasteiger partial charge in [0.15, 0.2) is 0 Å². The van der Waals surface area contributed by atoms with E-state index < -0.39 is 0 Å². The summed E-state index contributed by atoms with van der Waals surface area (Å²) in [6, 6.07) is 3.34. The molecule has 17 heavy (non-hydrogen) atoms. The van der Waals surface area contributed by atoms with Gasteiger partial charge in [-0.3, -0.25) is 9.59 Å². The molecular weight excluding hydrogens is 236 g/mol. The summed E-state index contributed by atoms with van der Waals surface area (Å²) < 4.78 is 1.44. The molecule has 1 unspecified atom stereocenters. The molecule has 1 atom stereocenters. The van der Waals surface area contributed by atoms with E-state index in [0.717, 1.165) is 19.5 Å². The average Bonchev–Trinajstić information content (AvgIpc) is 2.80. The van der Waals surface area contributed by atoms with E-state index in [2.05, 4.69) is 6.26 Å². The Hall–Kier alpha value is -1.23. The molecule has 1 amide bonds. The highest BCUT2D eigenvalue weighted by molar-refractivity contribution is 7.99. The second-order valence-corrected chi connectivity index (χ2v) is 5.37. The second-order valence-electron chi connectivity index (χ2n) is 4.24. The molecule has 0 saturated carbocycles. The summed E-state index contributed by atoms with van der Waals surface area (Å²) in [6.45, 7) is 1.50. The van der Waals surface area contributed by atoms with E-state index in [0.29, 0.717) is 5.25 Å². The van der Waals surface area contributed by atoms with Crippen LogP contribution in [0.3, 0.4) is 0 Å². The number of amides is 1. The third kappa shape index (κ3) is 2.39. The monoisotopic (exact) mass is 252 g/mol. The van der Waals surface area contributed by atoms with Gasteiger partial charge in [0.25, 0.3) is 11.5 Å². The quantitative estimate of drug-likeness (QED) is 0.787. The van der Waals surface area contributed by atoms with Crippen LogP contribution in [-0.2, 0) is 7.05 Å². The SMILES string of the molecule is CSC1CCN(C(=O)c2cccn(C)c2=O)C1. The van der Waals surface area contributed by atoms with Gasteiger partial charge in [0, 0.05) is 31.6 Å². The summed E-state index contributed by atoms with van der Waals surface area (Å²) in [5.74, 6) is -0.136. The maximum atomic E-state index is 12.2. The van der Waals surface area contributed by atoms with Crippen molar-refractivity contribution in [1.29, 1.82) is 0 Å². The number of rotatable bonds is 2. The maximum absolute atomic E-state index is 12.2. The lowest BCUT2D eigenvalue weighted by molar-refractivity contribution is 0.0791. The van der Waals surface area contributed by atoms with E-state index in [1.165, 1.54) is 4.57 Å². The van der Waals surface area contributed by atoms with Crippen molar-refractivity contribution < 1.29 is 4.79 Å². The van der Waals surface area contributed by atoms with E-state index in [1.807, 2.05) is 0 Å². The molecule has 92 valence electrons. The summed E-state index contributed by atoms with van der Waals surface area (Å²) in [5.41, 5.74) is 0.0573. The summed E-state index contributed by atoms with van der Waals surface area (Å²) in [6.07, 6.45) is 4.73. The van der Waals surface area contributed by atoms with E-state index >= 15 is 0 Å². The Kier molecular flexibility index (Phi) is 3.57. The Morgan fingerprint density at radius 3 is 2.94 bits per heavy atom. The van der Waals surface area contributed by atoms with Gasteiger partial charge in [0.1, 0.15) is 5.56 Å². The molecule has 1 fully saturated rings. The van der Waals surface area contributed by atoms with Gasteiger partial charge in [0.2, 0.25) is 0 Å². The molecule has 0 radical (unpaired) electrons. The van der Waals surface area contributed by atoms with Crippen molar-refractivity contribution in [3.05, 3.63) is 34.2 Å². The Bertz CT molecular complexity index is 484. The van der Waals surface area contributed by atoms with Crippen molar-refractivity contribution in [3.63, 3.8) is 0 Å². The molecule has 2 heterocycles. The van der Waals surface area contributed by atoms with Gasteiger partial charge in [-0.25, -0.2) is 0 Å². The van der Waals surface area contributed by atoms with Crippen molar-refractivity contribution in [3.8, 4) is 0 Å². The van der Waals surface area contributed by atoms with Crippen LogP contribution in [0.15, 0.2) is 23.1 Å². The number of hydrogen-bond acceptors (Lipinski definition) is 3. The fraction of sp³-hybridized carbons (Fsp3) is 0.500. The largest absolute Gasteiger partial charge is 0.337 e. The van der Waals surface area contributed by atoms with Crippen molar-refractivity contribution >= 4 is 17.7 Å². The number of likely N-dealkylation sites (tertiary alicyclic amines) is 1. The van der Waals surface area contributed by atoms with E-state index in [9.17, 15) is 9.59 Å². The van der Waals surface area contributed by atoms with Crippen LogP contribution in [0.2, 0.25) is 0 Å². The number of carbonyl (C=O) groups is 1. The molecule has 1 aliphatic rings. The number of aromatic nitrogens is 1. The molecular formula is C12H16N2O2S. The van der Waals surface area contributed by atoms with Gasteiger partial charge >= 0.3 is 0 Å². The Morgan fingerprint density at radius 1 is 1.53 bits per heavy atom. The van der Waals surface area contributed by atoms with E-state index in [1.54, 1.807) is 42.0 Å². The molecule has 2 rings (SSSR count). The number of thioether (sulfide) groups is 1. The number of pyridine rings is 1. The van der Waals surface area contributed by atoms with Crippen LogP contribution in [0.4, 0.5) is 0 Å². The zero-order chi connectivity index (χ0) is 12.4. The van der Waals surface area contributed by atoms with Gasteiger partial charge in [-0.05, 0) is 24.8 Å². The molecule has 0 aliphatic carbocycles. The van der Waals surface area contributed by atoms with Crippen LogP contribution in [0.1, 0.15) is 16.8 Å². The first-order chi connectivity index (χ1) is 8.13. The number of nitrogens with zero attached hydrogens (tertiary/aromatic N) is 2. The zero-order valence-corrected chi connectivity index (χ0v) is 10.9. The molecule has 1 aromatic rings. The predicted molar refractivity (Wildman–Crippen MR) is 69.5 cm³/mol. The minimum absolute atomic E-state index is 0.136. The second kappa shape index (κ2) is 4.96. The third-order valence-corrected chi connectivity index (χ3v) is 4.17. The van der Waals surface area contributed by atoms with Crippen LogP contribution in [-0.4, -0.2) is 40.0 Å². The third-order valence-electron chi connectivity index (χ3n) is 3.12. The molecule has 0 bridgehead atoms. The molecule has 1 aliphatic heterocycles. The first kappa shape index (κ1) is 12.2. The summed E-state index contributed by atoms with van der Waals surface area (Å²) in [7, 11) is 1.66. The van der Waals surface area contributed by atoms with Crippen LogP contribution >= 0.6 is 11.8 Å². The van der Waals surface area contributed by atoms with E-state index in [4.69, 9.17) is 0 Å². The molecule has 0 aromatic carbocycles. The number of aryl methyl sites for hydroxylation is 1. The summed E-state index contributed by atoms with van der Waals surface area (Å²) >= 11 is 1.78. The van der Waals surface area contributed by atoms with Crippen molar-refractivity contribution in [1.82, 2.24) is 9.47 Å². The lowest BCUT2D eigenvalue weighted by Crippen LogP contribution is -2.34.